The normalized spacial score (nSPS) is 13.7. The van der Waals surface area contributed by atoms with Crippen molar-refractivity contribution in [1.29, 1.82) is 0 Å². The lowest BCUT2D eigenvalue weighted by Crippen LogP contribution is -2.42. The number of hydrogen-bond acceptors (Lipinski definition) is 4. The van der Waals surface area contributed by atoms with Gasteiger partial charge in [0.2, 0.25) is 0 Å². The van der Waals surface area contributed by atoms with Crippen LogP contribution in [0.1, 0.15) is 20.8 Å². The van der Waals surface area contributed by atoms with E-state index in [1.807, 2.05) is 0 Å². The van der Waals surface area contributed by atoms with Gasteiger partial charge in [-0.15, -0.1) is 0 Å². The maximum Gasteiger partial charge on any atom is 0.293 e. The zero-order valence-electron chi connectivity index (χ0n) is 7.66. The van der Waals surface area contributed by atoms with Crippen molar-refractivity contribution >= 4 is 12.3 Å². The Kier molecular flexibility index (Phi) is 3.89. The molecular weight excluding hydrogens is 158 g/mol. The molecule has 4 heteroatoms. The first-order chi connectivity index (χ1) is 5.39. The highest BCUT2D eigenvalue weighted by Crippen LogP contribution is 2.15. The van der Waals surface area contributed by atoms with Crippen LogP contribution in [-0.2, 0) is 14.3 Å². The third-order valence-corrected chi connectivity index (χ3v) is 1.42. The predicted octanol–water partition coefficient (Wildman–Crippen LogP) is 0.102. The summed E-state index contributed by atoms with van der Waals surface area (Å²) in [6.45, 7) is 5.57. The summed E-state index contributed by atoms with van der Waals surface area (Å²) in [5.41, 5.74) is 4.98. The molecule has 0 fully saturated rings. The topological polar surface area (TPSA) is 69.4 Å². The van der Waals surface area contributed by atoms with Crippen LogP contribution in [0.15, 0.2) is 0 Å². The highest BCUT2D eigenvalue weighted by Gasteiger charge is 2.27. The van der Waals surface area contributed by atoms with E-state index in [0.29, 0.717) is 0 Å². The van der Waals surface area contributed by atoms with Gasteiger partial charge in [-0.05, 0) is 0 Å². The van der Waals surface area contributed by atoms with Crippen molar-refractivity contribution in [2.24, 2.45) is 11.1 Å². The summed E-state index contributed by atoms with van der Waals surface area (Å²) < 4.78 is 4.39. The minimum atomic E-state index is -0.713. The molecule has 0 aromatic heterocycles. The molecule has 0 aliphatic heterocycles. The lowest BCUT2D eigenvalue weighted by Gasteiger charge is -2.20. The third kappa shape index (κ3) is 3.48. The van der Waals surface area contributed by atoms with E-state index in [0.717, 1.165) is 0 Å². The monoisotopic (exact) mass is 173 g/mol. The zero-order chi connectivity index (χ0) is 9.78. The fourth-order valence-corrected chi connectivity index (χ4v) is 0.775. The number of ketones is 1. The molecular formula is C8H15NO3. The van der Waals surface area contributed by atoms with Crippen LogP contribution < -0.4 is 5.73 Å². The molecule has 0 bridgehead atoms. The van der Waals surface area contributed by atoms with Crippen molar-refractivity contribution in [3.05, 3.63) is 0 Å². The average molecular weight is 173 g/mol. The van der Waals surface area contributed by atoms with Gasteiger partial charge in [-0.2, -0.15) is 0 Å². The molecule has 0 heterocycles. The molecule has 0 aliphatic rings. The quantitative estimate of drug-likeness (QED) is 0.612. The van der Waals surface area contributed by atoms with Crippen LogP contribution >= 0.6 is 0 Å². The Hall–Kier alpha value is -0.900. The number of hydrogen-bond donors (Lipinski definition) is 1. The number of ether oxygens (including phenoxy) is 1. The molecule has 70 valence electrons. The molecule has 0 aliphatic carbocycles. The number of Topliss-reactive ketones (excluding diaryl/α,β-unsaturated/α-hetero) is 1. The first kappa shape index (κ1) is 11.1. The number of carbonyl (C=O) groups excluding carboxylic acids is 2. The lowest BCUT2D eigenvalue weighted by atomic mass is 9.87. The van der Waals surface area contributed by atoms with Crippen molar-refractivity contribution in [2.75, 3.05) is 6.61 Å². The zero-order valence-corrected chi connectivity index (χ0v) is 7.66. The van der Waals surface area contributed by atoms with Gasteiger partial charge in [0, 0.05) is 5.41 Å². The molecule has 0 saturated heterocycles. The number of carbonyl (C=O) groups is 2. The molecule has 1 atom stereocenters. The van der Waals surface area contributed by atoms with Gasteiger partial charge in [0.05, 0.1) is 6.04 Å². The van der Waals surface area contributed by atoms with E-state index in [4.69, 9.17) is 5.73 Å². The van der Waals surface area contributed by atoms with E-state index in [9.17, 15) is 9.59 Å². The Balaban J connectivity index is 4.02. The molecule has 0 aromatic carbocycles. The molecule has 4 nitrogen and oxygen atoms in total. The SMILES string of the molecule is CC(C)(C)C(=O)[C@@H](N)COC=O. The van der Waals surface area contributed by atoms with Crippen molar-refractivity contribution in [1.82, 2.24) is 0 Å². The van der Waals surface area contributed by atoms with Gasteiger partial charge in [-0.1, -0.05) is 20.8 Å². The highest BCUT2D eigenvalue weighted by atomic mass is 16.5. The fourth-order valence-electron chi connectivity index (χ4n) is 0.775. The van der Waals surface area contributed by atoms with Crippen LogP contribution in [0, 0.1) is 5.41 Å². The van der Waals surface area contributed by atoms with E-state index in [1.54, 1.807) is 20.8 Å². The number of nitrogens with two attached hydrogens (primary N) is 1. The van der Waals surface area contributed by atoms with Crippen LogP contribution in [-0.4, -0.2) is 24.9 Å². The van der Waals surface area contributed by atoms with E-state index in [1.165, 1.54) is 0 Å². The van der Waals surface area contributed by atoms with Crippen LogP contribution in [0.5, 0.6) is 0 Å². The first-order valence-electron chi connectivity index (χ1n) is 3.74. The van der Waals surface area contributed by atoms with Crippen molar-refractivity contribution in [3.8, 4) is 0 Å². The molecule has 12 heavy (non-hydrogen) atoms. The van der Waals surface area contributed by atoms with Gasteiger partial charge >= 0.3 is 0 Å². The van der Waals surface area contributed by atoms with E-state index >= 15 is 0 Å². The maximum atomic E-state index is 11.3. The minimum absolute atomic E-state index is 0.0421. The van der Waals surface area contributed by atoms with E-state index in [-0.39, 0.29) is 18.9 Å². The smallest absolute Gasteiger partial charge is 0.293 e. The number of rotatable bonds is 4. The van der Waals surface area contributed by atoms with E-state index in [2.05, 4.69) is 4.74 Å². The summed E-state index contributed by atoms with van der Waals surface area (Å²) in [6.07, 6.45) is 0. The Morgan fingerprint density at radius 1 is 1.58 bits per heavy atom. The third-order valence-electron chi connectivity index (χ3n) is 1.42. The standard InChI is InChI=1S/C8H15NO3/c1-8(2,3)7(11)6(9)4-12-5-10/h5-6H,4,9H2,1-3H3/t6-/m0/s1. The van der Waals surface area contributed by atoms with Gasteiger partial charge in [0.25, 0.3) is 6.47 Å². The second-order valence-corrected chi connectivity index (χ2v) is 3.65. The van der Waals surface area contributed by atoms with Gasteiger partial charge in [-0.3, -0.25) is 9.59 Å². The summed E-state index contributed by atoms with van der Waals surface area (Å²) in [5, 5.41) is 0. The van der Waals surface area contributed by atoms with Crippen molar-refractivity contribution in [3.63, 3.8) is 0 Å². The van der Waals surface area contributed by atoms with Gasteiger partial charge in [0.15, 0.2) is 5.78 Å². The summed E-state index contributed by atoms with van der Waals surface area (Å²) in [5.74, 6) is -0.107. The molecule has 0 rings (SSSR count). The van der Waals surface area contributed by atoms with E-state index < -0.39 is 11.5 Å². The fraction of sp³-hybridized carbons (Fsp3) is 0.750. The molecule has 0 radical (unpaired) electrons. The summed E-state index contributed by atoms with van der Waals surface area (Å²) >= 11 is 0. The minimum Gasteiger partial charge on any atom is -0.466 e. The summed E-state index contributed by atoms with van der Waals surface area (Å²) in [6, 6.07) is -0.713. The van der Waals surface area contributed by atoms with Crippen molar-refractivity contribution in [2.45, 2.75) is 26.8 Å². The van der Waals surface area contributed by atoms with Crippen LogP contribution in [0.25, 0.3) is 0 Å². The Bertz CT molecular complexity index is 172. The summed E-state index contributed by atoms with van der Waals surface area (Å²) in [4.78, 5) is 21.1. The van der Waals surface area contributed by atoms with Gasteiger partial charge in [0.1, 0.15) is 6.61 Å². The molecule has 2 N–H and O–H groups in total. The predicted molar refractivity (Wildman–Crippen MR) is 44.5 cm³/mol. The molecule has 0 unspecified atom stereocenters. The molecule has 0 saturated carbocycles. The molecule has 0 amide bonds. The summed E-state index contributed by atoms with van der Waals surface area (Å²) in [7, 11) is 0. The highest BCUT2D eigenvalue weighted by molar-refractivity contribution is 5.88. The Labute approximate surface area is 72.1 Å². The lowest BCUT2D eigenvalue weighted by molar-refractivity contribution is -0.133. The van der Waals surface area contributed by atoms with Crippen LogP contribution in [0.2, 0.25) is 0 Å². The first-order valence-corrected chi connectivity index (χ1v) is 3.74. The Morgan fingerprint density at radius 3 is 2.42 bits per heavy atom. The molecule has 0 aromatic rings. The van der Waals surface area contributed by atoms with Crippen molar-refractivity contribution < 1.29 is 14.3 Å². The second kappa shape index (κ2) is 4.21. The van der Waals surface area contributed by atoms with Crippen LogP contribution in [0.4, 0.5) is 0 Å². The van der Waals surface area contributed by atoms with Gasteiger partial charge < -0.3 is 10.5 Å². The average Bonchev–Trinajstić information content (AvgIpc) is 1.97. The van der Waals surface area contributed by atoms with Gasteiger partial charge in [-0.25, -0.2) is 0 Å². The Morgan fingerprint density at radius 2 is 2.08 bits per heavy atom. The molecule has 0 spiro atoms. The largest absolute Gasteiger partial charge is 0.466 e. The van der Waals surface area contributed by atoms with Crippen LogP contribution in [0.3, 0.4) is 0 Å². The second-order valence-electron chi connectivity index (χ2n) is 3.65. The maximum absolute atomic E-state index is 11.3.